The molecule has 80 valence electrons. The van der Waals surface area contributed by atoms with Crippen molar-refractivity contribution in [3.8, 4) is 11.5 Å². The predicted molar refractivity (Wildman–Crippen MR) is 51.0 cm³/mol. The summed E-state index contributed by atoms with van der Waals surface area (Å²) in [5.74, 6) is -1.71. The molecule has 1 rings (SSSR count). The highest BCUT2D eigenvalue weighted by Crippen LogP contribution is 2.26. The van der Waals surface area contributed by atoms with E-state index in [9.17, 15) is 14.7 Å². The first-order valence-corrected chi connectivity index (χ1v) is 4.09. The molecule has 5 heteroatoms. The Bertz CT molecular complexity index is 397. The number of rotatable bonds is 3. The summed E-state index contributed by atoms with van der Waals surface area (Å²) in [6.45, 7) is 0. The minimum absolute atomic E-state index is 0.0982. The van der Waals surface area contributed by atoms with Gasteiger partial charge in [0.05, 0.1) is 14.2 Å². The zero-order valence-electron chi connectivity index (χ0n) is 8.31. The van der Waals surface area contributed by atoms with Crippen LogP contribution in [0.1, 0.15) is 10.4 Å². The summed E-state index contributed by atoms with van der Waals surface area (Å²) < 4.78 is 9.07. The number of carbonyl (C=O) groups excluding carboxylic acids is 2. The van der Waals surface area contributed by atoms with Crippen LogP contribution >= 0.6 is 0 Å². The number of hydrogen-bond donors (Lipinski definition) is 1. The molecule has 1 N–H and O–H groups in total. The van der Waals surface area contributed by atoms with Crippen LogP contribution in [0.25, 0.3) is 0 Å². The lowest BCUT2D eigenvalue weighted by Crippen LogP contribution is -2.15. The highest BCUT2D eigenvalue weighted by atomic mass is 16.5. The molecule has 0 spiro atoms. The van der Waals surface area contributed by atoms with E-state index in [1.807, 2.05) is 0 Å². The van der Waals surface area contributed by atoms with Gasteiger partial charge in [0.25, 0.3) is 5.78 Å². The van der Waals surface area contributed by atoms with Crippen molar-refractivity contribution in [2.24, 2.45) is 0 Å². The van der Waals surface area contributed by atoms with E-state index in [0.717, 1.165) is 7.11 Å². The van der Waals surface area contributed by atoms with Crippen molar-refractivity contribution in [2.45, 2.75) is 0 Å². The molecule has 1 aromatic carbocycles. The minimum Gasteiger partial charge on any atom is -0.504 e. The number of aromatic hydroxyl groups is 1. The van der Waals surface area contributed by atoms with Crippen molar-refractivity contribution < 1.29 is 24.2 Å². The van der Waals surface area contributed by atoms with Gasteiger partial charge in [0.1, 0.15) is 0 Å². The first-order valence-electron chi connectivity index (χ1n) is 4.09. The lowest BCUT2D eigenvalue weighted by molar-refractivity contribution is -0.135. The molecule has 0 atom stereocenters. The van der Waals surface area contributed by atoms with E-state index in [2.05, 4.69) is 4.74 Å². The van der Waals surface area contributed by atoms with E-state index in [-0.39, 0.29) is 17.1 Å². The Kier molecular flexibility index (Phi) is 3.28. The largest absolute Gasteiger partial charge is 0.504 e. The molecule has 0 unspecified atom stereocenters. The number of phenolic OH excluding ortho intramolecular Hbond substituents is 1. The third kappa shape index (κ3) is 2.25. The van der Waals surface area contributed by atoms with E-state index in [1.54, 1.807) is 0 Å². The summed E-state index contributed by atoms with van der Waals surface area (Å²) >= 11 is 0. The number of Topliss-reactive ketones (excluding diaryl/α,β-unsaturated/α-hetero) is 1. The molecular formula is C10H10O5. The number of ketones is 1. The Morgan fingerprint density at radius 3 is 2.47 bits per heavy atom. The van der Waals surface area contributed by atoms with Crippen molar-refractivity contribution in [3.05, 3.63) is 23.8 Å². The van der Waals surface area contributed by atoms with Gasteiger partial charge in [-0.25, -0.2) is 4.79 Å². The van der Waals surface area contributed by atoms with Crippen LogP contribution in [0.2, 0.25) is 0 Å². The molecule has 1 aromatic rings. The maximum absolute atomic E-state index is 11.3. The molecule has 0 bridgehead atoms. The second kappa shape index (κ2) is 4.45. The Labute approximate surface area is 86.2 Å². The molecule has 0 saturated heterocycles. The first kappa shape index (κ1) is 11.0. The predicted octanol–water partition coefficient (Wildman–Crippen LogP) is 0.756. The lowest BCUT2D eigenvalue weighted by Gasteiger charge is -2.04. The molecule has 0 aliphatic rings. The number of hydrogen-bond acceptors (Lipinski definition) is 5. The van der Waals surface area contributed by atoms with Gasteiger partial charge in [0.2, 0.25) is 0 Å². The number of benzene rings is 1. The van der Waals surface area contributed by atoms with Gasteiger partial charge in [-0.3, -0.25) is 4.79 Å². The van der Waals surface area contributed by atoms with Gasteiger partial charge >= 0.3 is 5.97 Å². The monoisotopic (exact) mass is 210 g/mol. The molecule has 15 heavy (non-hydrogen) atoms. The lowest BCUT2D eigenvalue weighted by atomic mass is 10.1. The van der Waals surface area contributed by atoms with Gasteiger partial charge in [-0.2, -0.15) is 0 Å². The smallest absolute Gasteiger partial charge is 0.379 e. The molecule has 0 heterocycles. The molecule has 5 nitrogen and oxygen atoms in total. The van der Waals surface area contributed by atoms with E-state index in [4.69, 9.17) is 4.74 Å². The van der Waals surface area contributed by atoms with Crippen molar-refractivity contribution in [3.63, 3.8) is 0 Å². The molecule has 0 amide bonds. The third-order valence-electron chi connectivity index (χ3n) is 1.81. The van der Waals surface area contributed by atoms with E-state index < -0.39 is 11.8 Å². The normalized spacial score (nSPS) is 9.47. The maximum atomic E-state index is 11.3. The fraction of sp³-hybridized carbons (Fsp3) is 0.200. The van der Waals surface area contributed by atoms with Crippen molar-refractivity contribution in [2.75, 3.05) is 14.2 Å². The summed E-state index contributed by atoms with van der Waals surface area (Å²) in [6, 6.07) is 3.86. The topological polar surface area (TPSA) is 72.8 Å². The second-order valence-electron chi connectivity index (χ2n) is 2.71. The molecule has 0 saturated carbocycles. The fourth-order valence-corrected chi connectivity index (χ4v) is 1.03. The van der Waals surface area contributed by atoms with Crippen molar-refractivity contribution >= 4 is 11.8 Å². The standard InChI is InChI=1S/C10H10O5/c1-14-8-5-6(3-4-7(8)11)9(12)10(13)15-2/h3-5,11H,1-2H3. The Hall–Kier alpha value is -2.04. The van der Waals surface area contributed by atoms with Crippen LogP contribution in [0.15, 0.2) is 18.2 Å². The van der Waals surface area contributed by atoms with Crippen LogP contribution in [0.3, 0.4) is 0 Å². The van der Waals surface area contributed by atoms with Crippen molar-refractivity contribution in [1.82, 2.24) is 0 Å². The van der Waals surface area contributed by atoms with Gasteiger partial charge in [0, 0.05) is 5.56 Å². The summed E-state index contributed by atoms with van der Waals surface area (Å²) in [7, 11) is 2.47. The Morgan fingerprint density at radius 2 is 1.93 bits per heavy atom. The maximum Gasteiger partial charge on any atom is 0.379 e. The van der Waals surface area contributed by atoms with E-state index >= 15 is 0 Å². The number of phenols is 1. The van der Waals surface area contributed by atoms with Crippen LogP contribution < -0.4 is 4.74 Å². The zero-order chi connectivity index (χ0) is 11.4. The number of esters is 1. The Morgan fingerprint density at radius 1 is 1.27 bits per heavy atom. The molecule has 0 radical (unpaired) electrons. The summed E-state index contributed by atoms with van der Waals surface area (Å²) in [5.41, 5.74) is 0.108. The van der Waals surface area contributed by atoms with E-state index in [1.165, 1.54) is 25.3 Å². The summed E-state index contributed by atoms with van der Waals surface area (Å²) in [4.78, 5) is 22.3. The number of carbonyl (C=O) groups is 2. The summed E-state index contributed by atoms with van der Waals surface area (Å²) in [5, 5.41) is 9.26. The van der Waals surface area contributed by atoms with Crippen molar-refractivity contribution in [1.29, 1.82) is 0 Å². The highest BCUT2D eigenvalue weighted by Gasteiger charge is 2.17. The Balaban J connectivity index is 3.06. The quantitative estimate of drug-likeness (QED) is 0.453. The summed E-state index contributed by atoms with van der Waals surface area (Å²) in [6.07, 6.45) is 0. The number of ether oxygens (including phenoxy) is 2. The average molecular weight is 210 g/mol. The van der Waals surface area contributed by atoms with Gasteiger partial charge in [-0.15, -0.1) is 0 Å². The third-order valence-corrected chi connectivity index (χ3v) is 1.81. The molecule has 0 aliphatic heterocycles. The zero-order valence-corrected chi connectivity index (χ0v) is 8.31. The van der Waals surface area contributed by atoms with Crippen LogP contribution in [-0.2, 0) is 9.53 Å². The first-order chi connectivity index (χ1) is 7.10. The molecule has 0 aliphatic carbocycles. The minimum atomic E-state index is -0.956. The van der Waals surface area contributed by atoms with Gasteiger partial charge in [0.15, 0.2) is 11.5 Å². The molecular weight excluding hydrogens is 200 g/mol. The highest BCUT2D eigenvalue weighted by molar-refractivity contribution is 6.40. The molecule has 0 aromatic heterocycles. The van der Waals surface area contributed by atoms with Gasteiger partial charge < -0.3 is 14.6 Å². The van der Waals surface area contributed by atoms with E-state index in [0.29, 0.717) is 0 Å². The number of methoxy groups -OCH3 is 2. The van der Waals surface area contributed by atoms with Gasteiger partial charge in [-0.1, -0.05) is 0 Å². The van der Waals surface area contributed by atoms with Crippen LogP contribution in [0.4, 0.5) is 0 Å². The van der Waals surface area contributed by atoms with Crippen LogP contribution in [0.5, 0.6) is 11.5 Å². The fourth-order valence-electron chi connectivity index (χ4n) is 1.03. The van der Waals surface area contributed by atoms with Crippen LogP contribution in [0, 0.1) is 0 Å². The SMILES string of the molecule is COC(=O)C(=O)c1ccc(O)c(OC)c1. The molecule has 0 fully saturated rings. The second-order valence-corrected chi connectivity index (χ2v) is 2.71. The van der Waals surface area contributed by atoms with Crippen LogP contribution in [-0.4, -0.2) is 31.1 Å². The van der Waals surface area contributed by atoms with Gasteiger partial charge in [-0.05, 0) is 18.2 Å². The average Bonchev–Trinajstić information content (AvgIpc) is 2.27.